The lowest BCUT2D eigenvalue weighted by molar-refractivity contribution is -0.117. The van der Waals surface area contributed by atoms with E-state index in [-0.39, 0.29) is 18.3 Å². The Balaban J connectivity index is 1.46. The van der Waals surface area contributed by atoms with Gasteiger partial charge in [-0.05, 0) is 36.2 Å². The molecule has 0 spiro atoms. The summed E-state index contributed by atoms with van der Waals surface area (Å²) in [6.07, 6.45) is 2.68. The van der Waals surface area contributed by atoms with Crippen LogP contribution in [0, 0.1) is 0 Å². The summed E-state index contributed by atoms with van der Waals surface area (Å²) in [4.78, 5) is 18.1. The van der Waals surface area contributed by atoms with Crippen molar-refractivity contribution in [1.82, 2.24) is 14.8 Å². The molecule has 164 valence electrons. The first-order valence-corrected chi connectivity index (χ1v) is 10.6. The minimum atomic E-state index is -0.416. The molecule has 32 heavy (non-hydrogen) atoms. The zero-order chi connectivity index (χ0) is 21.7. The Morgan fingerprint density at radius 1 is 1.19 bits per heavy atom. The number of benzene rings is 1. The maximum atomic E-state index is 13.5. The van der Waals surface area contributed by atoms with Crippen LogP contribution < -0.4 is 14.8 Å². The van der Waals surface area contributed by atoms with Crippen LogP contribution >= 0.6 is 0 Å². The molecule has 1 aliphatic carbocycles. The van der Waals surface area contributed by atoms with Gasteiger partial charge in [0.2, 0.25) is 5.95 Å². The summed E-state index contributed by atoms with van der Waals surface area (Å²) < 4.78 is 24.1. The Bertz CT molecular complexity index is 1210. The average Bonchev–Trinajstić information content (AvgIpc) is 3.47. The molecule has 1 N–H and O–H groups in total. The van der Waals surface area contributed by atoms with Gasteiger partial charge in [0.1, 0.15) is 31.6 Å². The van der Waals surface area contributed by atoms with Crippen LogP contribution in [0.4, 0.5) is 5.95 Å². The van der Waals surface area contributed by atoms with E-state index in [0.717, 1.165) is 17.0 Å². The number of ketones is 1. The molecule has 9 heteroatoms. The largest absolute Gasteiger partial charge is 0.486 e. The minimum absolute atomic E-state index is 0.0161. The van der Waals surface area contributed by atoms with Crippen molar-refractivity contribution in [3.63, 3.8) is 0 Å². The fourth-order valence-corrected chi connectivity index (χ4v) is 4.71. The lowest BCUT2D eigenvalue weighted by Crippen LogP contribution is -2.33. The Hall–Kier alpha value is -3.59. The molecule has 0 saturated carbocycles. The first kappa shape index (κ1) is 19.1. The van der Waals surface area contributed by atoms with E-state index in [2.05, 4.69) is 15.4 Å². The molecule has 2 aromatic heterocycles. The lowest BCUT2D eigenvalue weighted by Gasteiger charge is -2.34. The molecule has 4 heterocycles. The quantitative estimate of drug-likeness (QED) is 0.668. The number of fused-ring (bicyclic) bond motifs is 2. The normalized spacial score (nSPS) is 21.7. The second-order valence-electron chi connectivity index (χ2n) is 8.10. The topological polar surface area (TPSA) is 101 Å². The number of Topliss-reactive ketones (excluding diaryl/α,β-unsaturated/α-hetero) is 1. The molecule has 6 rings (SSSR count). The number of carbonyl (C=O) groups excluding carboxylic acids is 1. The summed E-state index contributed by atoms with van der Waals surface area (Å²) in [6.45, 7) is 1.30. The molecule has 1 aromatic carbocycles. The molecule has 3 aromatic rings. The van der Waals surface area contributed by atoms with Crippen LogP contribution in [0.25, 0.3) is 0 Å². The van der Waals surface area contributed by atoms with Gasteiger partial charge in [0.25, 0.3) is 0 Å². The number of furan rings is 1. The molecule has 0 radical (unpaired) electrons. The van der Waals surface area contributed by atoms with E-state index in [9.17, 15) is 4.79 Å². The van der Waals surface area contributed by atoms with E-state index in [4.69, 9.17) is 18.6 Å². The summed E-state index contributed by atoms with van der Waals surface area (Å²) in [5.41, 5.74) is 2.44. The van der Waals surface area contributed by atoms with Gasteiger partial charge in [0.15, 0.2) is 23.1 Å². The molecule has 2 atom stereocenters. The second-order valence-corrected chi connectivity index (χ2v) is 8.10. The van der Waals surface area contributed by atoms with Crippen molar-refractivity contribution in [2.75, 3.05) is 25.6 Å². The van der Waals surface area contributed by atoms with E-state index >= 15 is 0 Å². The number of hydrogen-bond donors (Lipinski definition) is 1. The highest BCUT2D eigenvalue weighted by Crippen LogP contribution is 2.45. The minimum Gasteiger partial charge on any atom is -0.486 e. The third-order valence-corrected chi connectivity index (χ3v) is 6.06. The van der Waals surface area contributed by atoms with Crippen molar-refractivity contribution in [2.45, 2.75) is 31.4 Å². The Kier molecular flexibility index (Phi) is 4.50. The van der Waals surface area contributed by atoms with Crippen LogP contribution in [0.1, 0.15) is 41.9 Å². The van der Waals surface area contributed by atoms with Crippen molar-refractivity contribution in [3.05, 3.63) is 65.0 Å². The summed E-state index contributed by atoms with van der Waals surface area (Å²) >= 11 is 0. The Morgan fingerprint density at radius 2 is 2.06 bits per heavy atom. The zero-order valence-electron chi connectivity index (χ0n) is 17.5. The molecule has 3 aliphatic rings. The number of carbonyl (C=O) groups is 1. The third-order valence-electron chi connectivity index (χ3n) is 6.06. The molecule has 9 nitrogen and oxygen atoms in total. The predicted molar refractivity (Wildman–Crippen MR) is 113 cm³/mol. The van der Waals surface area contributed by atoms with Crippen molar-refractivity contribution in [2.24, 2.45) is 0 Å². The van der Waals surface area contributed by atoms with Crippen LogP contribution in [-0.2, 0) is 16.1 Å². The summed E-state index contributed by atoms with van der Waals surface area (Å²) in [5, 5.41) is 8.00. The van der Waals surface area contributed by atoms with Crippen molar-refractivity contribution >= 4 is 11.7 Å². The number of allylic oxidation sites excluding steroid dienone is 2. The zero-order valence-corrected chi connectivity index (χ0v) is 17.5. The van der Waals surface area contributed by atoms with Gasteiger partial charge in [-0.2, -0.15) is 10.1 Å². The number of nitrogens with one attached hydrogen (secondary N) is 1. The number of rotatable bonds is 4. The number of ether oxygens (including phenoxy) is 3. The lowest BCUT2D eigenvalue weighted by atomic mass is 9.79. The van der Waals surface area contributed by atoms with Crippen LogP contribution in [0.2, 0.25) is 0 Å². The van der Waals surface area contributed by atoms with Crippen LogP contribution in [0.15, 0.2) is 52.3 Å². The van der Waals surface area contributed by atoms with Gasteiger partial charge >= 0.3 is 0 Å². The number of methoxy groups -OCH3 is 1. The highest BCUT2D eigenvalue weighted by atomic mass is 16.6. The first-order valence-electron chi connectivity index (χ1n) is 10.6. The molecule has 0 saturated heterocycles. The smallest absolute Gasteiger partial charge is 0.226 e. The monoisotopic (exact) mass is 434 g/mol. The van der Waals surface area contributed by atoms with Gasteiger partial charge in [-0.3, -0.25) is 4.79 Å². The van der Waals surface area contributed by atoms with Crippen LogP contribution in [0.3, 0.4) is 0 Å². The van der Waals surface area contributed by atoms with Crippen LogP contribution in [0.5, 0.6) is 11.5 Å². The van der Waals surface area contributed by atoms with Gasteiger partial charge in [0.05, 0.1) is 6.26 Å². The number of nitrogens with zero attached hydrogens (tertiary/aromatic N) is 3. The third kappa shape index (κ3) is 3.08. The van der Waals surface area contributed by atoms with E-state index in [0.29, 0.717) is 54.9 Å². The fraction of sp³-hybridized carbons (Fsp3) is 0.348. The number of anilines is 1. The molecular weight excluding hydrogens is 412 g/mol. The maximum Gasteiger partial charge on any atom is 0.226 e. The van der Waals surface area contributed by atoms with Gasteiger partial charge in [-0.25, -0.2) is 4.68 Å². The Labute approximate surface area is 184 Å². The van der Waals surface area contributed by atoms with Gasteiger partial charge < -0.3 is 23.9 Å². The standard InChI is InChI=1S/C23H22N4O5/c1-29-12-20-25-23-24-15-9-14(17-3-2-6-30-17)10-16(28)21(15)22(27(23)26-20)13-4-5-18-19(11-13)32-8-7-31-18/h2-6,11,14,22H,7-10,12H2,1H3,(H,24,25,26). The van der Waals surface area contributed by atoms with E-state index < -0.39 is 6.04 Å². The highest BCUT2D eigenvalue weighted by Gasteiger charge is 2.40. The second kappa shape index (κ2) is 7.52. The average molecular weight is 434 g/mol. The SMILES string of the molecule is COCc1nc2n(n1)C(c1ccc3c(c1)OCCO3)C1=C(CC(c3ccco3)CC1=O)N2. The number of hydrogen-bond acceptors (Lipinski definition) is 8. The molecule has 0 fully saturated rings. The first-order chi connectivity index (χ1) is 15.7. The van der Waals surface area contributed by atoms with E-state index in [1.807, 2.05) is 30.3 Å². The van der Waals surface area contributed by atoms with Gasteiger partial charge in [-0.1, -0.05) is 6.07 Å². The van der Waals surface area contributed by atoms with Crippen molar-refractivity contribution < 1.29 is 23.4 Å². The highest BCUT2D eigenvalue weighted by molar-refractivity contribution is 6.00. The van der Waals surface area contributed by atoms with E-state index in [1.54, 1.807) is 18.1 Å². The summed E-state index contributed by atoms with van der Waals surface area (Å²) in [6, 6.07) is 9.13. The molecule has 0 amide bonds. The molecule has 2 aliphatic heterocycles. The number of aromatic nitrogens is 3. The van der Waals surface area contributed by atoms with Gasteiger partial charge in [0, 0.05) is 30.7 Å². The van der Waals surface area contributed by atoms with Crippen molar-refractivity contribution in [1.29, 1.82) is 0 Å². The van der Waals surface area contributed by atoms with Crippen LogP contribution in [-0.4, -0.2) is 40.9 Å². The summed E-state index contributed by atoms with van der Waals surface area (Å²) in [5.74, 6) is 3.37. The molecule has 0 bridgehead atoms. The molecule has 2 unspecified atom stereocenters. The molecular formula is C23H22N4O5. The summed E-state index contributed by atoms with van der Waals surface area (Å²) in [7, 11) is 1.60. The Morgan fingerprint density at radius 3 is 2.88 bits per heavy atom. The fourth-order valence-electron chi connectivity index (χ4n) is 4.71. The van der Waals surface area contributed by atoms with E-state index in [1.165, 1.54) is 0 Å². The van der Waals surface area contributed by atoms with Crippen molar-refractivity contribution in [3.8, 4) is 11.5 Å². The van der Waals surface area contributed by atoms with Gasteiger partial charge in [-0.15, -0.1) is 0 Å². The maximum absolute atomic E-state index is 13.5. The predicted octanol–water partition coefficient (Wildman–Crippen LogP) is 3.20.